The minimum Gasteiger partial charge on any atom is -0.480 e. The van der Waals surface area contributed by atoms with E-state index in [1.165, 1.54) is 12.4 Å². The molecule has 3 rings (SSSR count). The van der Waals surface area contributed by atoms with Crippen molar-refractivity contribution in [2.24, 2.45) is 11.5 Å². The molecule has 1 fully saturated rings. The van der Waals surface area contributed by atoms with Crippen molar-refractivity contribution >= 4 is 86.6 Å². The van der Waals surface area contributed by atoms with Crippen LogP contribution in [0.5, 0.6) is 0 Å². The van der Waals surface area contributed by atoms with Gasteiger partial charge in [-0.05, 0) is 37.1 Å². The smallest absolute Gasteiger partial charge is 0.322 e. The summed E-state index contributed by atoms with van der Waals surface area (Å²) in [5.74, 6) is -9.64. The molecule has 0 aromatic carbocycles. The van der Waals surface area contributed by atoms with E-state index in [0.29, 0.717) is 11.4 Å². The molecule has 0 bridgehead atoms. The monoisotopic (exact) mass is 887 g/mol. The second kappa shape index (κ2) is 24.8. The van der Waals surface area contributed by atoms with Crippen LogP contribution in [0, 0.1) is 0 Å². The topological polar surface area (TPSA) is 373 Å². The number of rotatable bonds is 24. The van der Waals surface area contributed by atoms with E-state index < -0.39 is 90.5 Å². The molecule has 13 N–H and O–H groups in total. The van der Waals surface area contributed by atoms with Crippen molar-refractivity contribution in [1.82, 2.24) is 36.6 Å². The summed E-state index contributed by atoms with van der Waals surface area (Å²) in [6.45, 7) is -1.57. The minimum absolute atomic E-state index is 0.00846. The lowest BCUT2D eigenvalue weighted by atomic mass is 9.97. The van der Waals surface area contributed by atoms with Crippen molar-refractivity contribution in [3.8, 4) is 0 Å². The standard InChI is InChI=1S/C37H45N9O13S2/c38-21(36(56)57)7-9-27(47)45-25(34(54)43-15-29(49)50)17-60-32(23-5-1-3-11-41-23)19-13-40-14-20(31(19)53)33(24-6-2-4-12-42-24)61-18-26(35(55)44-16-30(51)52)46-28(48)10-8-22(39)37(58)59/h1-6,11-12,21-22,25-26,40H,7-10,13-18,38-39H2,(H,43,54)(H,44,55)(H,45,47)(H,46,48)(H,49,50)(H,51,52)(H,56,57)(H,58,59)/b32-19-,33-20-/t21-,22-,25?,26?/m1/s1. The van der Waals surface area contributed by atoms with Gasteiger partial charge in [0.15, 0.2) is 5.78 Å². The highest BCUT2D eigenvalue weighted by Crippen LogP contribution is 2.37. The molecule has 2 aromatic heterocycles. The van der Waals surface area contributed by atoms with Crippen LogP contribution in [0.25, 0.3) is 9.81 Å². The highest BCUT2D eigenvalue weighted by atomic mass is 32.2. The van der Waals surface area contributed by atoms with Crippen molar-refractivity contribution in [2.75, 3.05) is 37.7 Å². The van der Waals surface area contributed by atoms with Crippen LogP contribution in [0.15, 0.2) is 59.9 Å². The van der Waals surface area contributed by atoms with Crippen molar-refractivity contribution in [3.05, 3.63) is 71.3 Å². The molecule has 4 amide bonds. The van der Waals surface area contributed by atoms with E-state index in [4.69, 9.17) is 31.9 Å². The van der Waals surface area contributed by atoms with Gasteiger partial charge < -0.3 is 58.5 Å². The average Bonchev–Trinajstić information content (AvgIpc) is 3.23. The molecule has 0 radical (unpaired) electrons. The number of aromatic nitrogens is 2. The van der Waals surface area contributed by atoms with E-state index in [-0.39, 0.29) is 71.2 Å². The van der Waals surface area contributed by atoms with E-state index in [1.54, 1.807) is 36.4 Å². The first-order valence-electron chi connectivity index (χ1n) is 18.3. The number of carbonyl (C=O) groups is 9. The van der Waals surface area contributed by atoms with E-state index >= 15 is 0 Å². The summed E-state index contributed by atoms with van der Waals surface area (Å²) >= 11 is 1.91. The molecule has 4 atom stereocenters. The van der Waals surface area contributed by atoms with Gasteiger partial charge in [-0.15, -0.1) is 23.5 Å². The van der Waals surface area contributed by atoms with Crippen LogP contribution in [0.4, 0.5) is 0 Å². The maximum absolute atomic E-state index is 14.6. The number of Topliss-reactive ketones (excluding diaryl/α,β-unsaturated/α-hetero) is 1. The Labute approximate surface area is 356 Å². The number of thioether (sulfide) groups is 2. The second-order valence-corrected chi connectivity index (χ2v) is 15.1. The Kier molecular flexibility index (Phi) is 20.0. The Balaban J connectivity index is 2.04. The fourth-order valence-corrected chi connectivity index (χ4v) is 7.62. The number of nitrogens with one attached hydrogen (secondary N) is 5. The highest BCUT2D eigenvalue weighted by Gasteiger charge is 2.32. The maximum atomic E-state index is 14.6. The first-order chi connectivity index (χ1) is 29.0. The van der Waals surface area contributed by atoms with E-state index in [2.05, 4.69) is 36.6 Å². The number of carbonyl (C=O) groups excluding carboxylic acids is 5. The largest absolute Gasteiger partial charge is 0.480 e. The summed E-state index contributed by atoms with van der Waals surface area (Å²) in [4.78, 5) is 121. The first-order valence-corrected chi connectivity index (χ1v) is 20.3. The number of hydrogen-bond acceptors (Lipinski definition) is 16. The number of pyridine rings is 2. The average molecular weight is 888 g/mol. The predicted octanol–water partition coefficient (Wildman–Crippen LogP) is -2.01. The molecule has 2 unspecified atom stereocenters. The molecule has 22 nitrogen and oxygen atoms in total. The highest BCUT2D eigenvalue weighted by molar-refractivity contribution is 8.08. The zero-order valence-corrected chi connectivity index (χ0v) is 34.0. The van der Waals surface area contributed by atoms with Gasteiger partial charge in [-0.1, -0.05) is 12.1 Å². The van der Waals surface area contributed by atoms with Crippen LogP contribution in [0.2, 0.25) is 0 Å². The summed E-state index contributed by atoms with van der Waals surface area (Å²) in [6, 6.07) is 4.31. The summed E-state index contributed by atoms with van der Waals surface area (Å²) < 4.78 is 0. The molecular weight excluding hydrogens is 843 g/mol. The molecule has 24 heteroatoms. The Morgan fingerprint density at radius 3 is 1.38 bits per heavy atom. The number of nitrogens with two attached hydrogens (primary N) is 2. The van der Waals surface area contributed by atoms with Gasteiger partial charge >= 0.3 is 23.9 Å². The third kappa shape index (κ3) is 16.4. The summed E-state index contributed by atoms with van der Waals surface area (Å²) in [7, 11) is 0. The molecule has 1 aliphatic rings. The quantitative estimate of drug-likeness (QED) is 0.0507. The number of aliphatic carboxylic acids is 4. The van der Waals surface area contributed by atoms with Gasteiger partial charge in [0.1, 0.15) is 37.3 Å². The van der Waals surface area contributed by atoms with Crippen molar-refractivity contribution < 1.29 is 63.6 Å². The number of amides is 4. The Morgan fingerprint density at radius 1 is 0.656 bits per heavy atom. The number of carboxylic acids is 4. The number of piperidine rings is 1. The number of ketones is 1. The lowest BCUT2D eigenvalue weighted by Gasteiger charge is -2.25. The summed E-state index contributed by atoms with van der Waals surface area (Å²) in [5, 5.41) is 49.0. The zero-order valence-electron chi connectivity index (χ0n) is 32.3. The van der Waals surface area contributed by atoms with Gasteiger partial charge in [0.05, 0.1) is 11.4 Å². The second-order valence-electron chi connectivity index (χ2n) is 13.0. The zero-order chi connectivity index (χ0) is 45.1. The van der Waals surface area contributed by atoms with Gasteiger partial charge in [-0.2, -0.15) is 0 Å². The van der Waals surface area contributed by atoms with Crippen molar-refractivity contribution in [3.63, 3.8) is 0 Å². The Bertz CT molecular complexity index is 1880. The molecule has 328 valence electrons. The van der Waals surface area contributed by atoms with Crippen molar-refractivity contribution in [1.29, 1.82) is 0 Å². The van der Waals surface area contributed by atoms with Gasteiger partial charge in [-0.3, -0.25) is 53.1 Å². The molecular formula is C37H45N9O13S2. The Hall–Kier alpha value is -6.21. The third-order valence-electron chi connectivity index (χ3n) is 8.41. The maximum Gasteiger partial charge on any atom is 0.322 e. The van der Waals surface area contributed by atoms with Gasteiger partial charge in [0.25, 0.3) is 0 Å². The molecule has 0 aliphatic carbocycles. The van der Waals surface area contributed by atoms with Crippen LogP contribution in [0.3, 0.4) is 0 Å². The number of nitrogens with zero attached hydrogens (tertiary/aromatic N) is 2. The predicted molar refractivity (Wildman–Crippen MR) is 220 cm³/mol. The summed E-state index contributed by atoms with van der Waals surface area (Å²) in [6.07, 6.45) is 1.68. The van der Waals surface area contributed by atoms with Crippen molar-refractivity contribution in [2.45, 2.75) is 49.9 Å². The molecule has 0 saturated carbocycles. The first kappa shape index (κ1) is 49.2. The van der Waals surface area contributed by atoms with Gasteiger partial charge in [-0.25, -0.2) is 0 Å². The molecule has 1 saturated heterocycles. The van der Waals surface area contributed by atoms with Gasteiger partial charge in [0.2, 0.25) is 23.6 Å². The molecule has 61 heavy (non-hydrogen) atoms. The van der Waals surface area contributed by atoms with E-state index in [1.807, 2.05) is 0 Å². The van der Waals surface area contributed by atoms with E-state index in [0.717, 1.165) is 23.5 Å². The molecule has 2 aromatic rings. The molecule has 3 heterocycles. The summed E-state index contributed by atoms with van der Waals surface area (Å²) in [5.41, 5.74) is 12.0. The number of hydrogen-bond donors (Lipinski definition) is 11. The van der Waals surface area contributed by atoms with Crippen LogP contribution in [-0.4, -0.2) is 146 Å². The lowest BCUT2D eigenvalue weighted by Crippen LogP contribution is -2.49. The van der Waals surface area contributed by atoms with E-state index in [9.17, 15) is 43.2 Å². The van der Waals surface area contributed by atoms with Crippen LogP contribution in [0.1, 0.15) is 37.1 Å². The fourth-order valence-electron chi connectivity index (χ4n) is 5.27. The van der Waals surface area contributed by atoms with Crippen LogP contribution >= 0.6 is 23.5 Å². The number of carboxylic acid groups (broad SMARTS) is 4. The SMILES string of the molecule is N[C@H](CCC(=O)NC(CS/C(=C1/CNC/C(=C(/SCC(NC(=O)CC[C@@H](N)C(=O)O)C(=O)NCC(=O)O)c2ccccn2)C1=O)c1ccccn1)C(=O)NCC(=O)O)C(=O)O. The fraction of sp³-hybridized carbons (Fsp3) is 0.378. The Morgan fingerprint density at radius 2 is 1.05 bits per heavy atom. The normalized spacial score (nSPS) is 16.1. The van der Waals surface area contributed by atoms with Gasteiger partial charge in [0, 0.05) is 70.8 Å². The molecule has 1 aliphatic heterocycles. The van der Waals surface area contributed by atoms with Crippen LogP contribution in [-0.2, 0) is 43.2 Å². The minimum atomic E-state index is -1.38. The lowest BCUT2D eigenvalue weighted by molar-refractivity contribution is -0.140. The molecule has 0 spiro atoms. The third-order valence-corrected chi connectivity index (χ3v) is 10.9. The van der Waals surface area contributed by atoms with Crippen LogP contribution < -0.4 is 38.1 Å².